The molecule has 1 aliphatic rings. The third kappa shape index (κ3) is 3.87. The molecule has 0 amide bonds. The highest BCUT2D eigenvalue weighted by molar-refractivity contribution is 5.51. The van der Waals surface area contributed by atoms with Crippen LogP contribution in [-0.4, -0.2) is 54.5 Å². The molecule has 1 fully saturated rings. The molecule has 0 bridgehead atoms. The lowest BCUT2D eigenvalue weighted by Crippen LogP contribution is -2.44. The van der Waals surface area contributed by atoms with Crippen LogP contribution < -0.4 is 5.32 Å². The van der Waals surface area contributed by atoms with Gasteiger partial charge in [0, 0.05) is 25.2 Å². The first kappa shape index (κ1) is 14.2. The van der Waals surface area contributed by atoms with Crippen molar-refractivity contribution in [2.75, 3.05) is 33.3 Å². The second kappa shape index (κ2) is 6.80. The van der Waals surface area contributed by atoms with Crippen LogP contribution in [0, 0.1) is 0 Å². The van der Waals surface area contributed by atoms with Gasteiger partial charge in [0.2, 0.25) is 11.8 Å². The molecule has 21 heavy (non-hydrogen) atoms. The van der Waals surface area contributed by atoms with Gasteiger partial charge in [-0.15, -0.1) is 10.2 Å². The summed E-state index contributed by atoms with van der Waals surface area (Å²) in [5, 5.41) is 11.4. The first-order valence-electron chi connectivity index (χ1n) is 7.20. The van der Waals surface area contributed by atoms with E-state index in [0.717, 1.165) is 31.8 Å². The van der Waals surface area contributed by atoms with Crippen molar-refractivity contribution in [3.8, 4) is 11.5 Å². The largest absolute Gasteiger partial charge is 0.419 e. The van der Waals surface area contributed by atoms with E-state index in [9.17, 15) is 0 Å². The topological polar surface area (TPSA) is 63.4 Å². The van der Waals surface area contributed by atoms with Gasteiger partial charge in [-0.2, -0.15) is 0 Å². The summed E-state index contributed by atoms with van der Waals surface area (Å²) in [5.41, 5.74) is 0.938. The summed E-state index contributed by atoms with van der Waals surface area (Å²) in [5.74, 6) is 1.15. The highest BCUT2D eigenvalue weighted by Gasteiger charge is 2.17. The smallest absolute Gasteiger partial charge is 0.247 e. The molecule has 1 unspecified atom stereocenters. The van der Waals surface area contributed by atoms with Crippen molar-refractivity contribution < 1.29 is 9.15 Å². The highest BCUT2D eigenvalue weighted by atomic mass is 16.5. The zero-order valence-electron chi connectivity index (χ0n) is 12.2. The number of rotatable bonds is 5. The number of hydrogen-bond donors (Lipinski definition) is 1. The number of aromatic nitrogens is 2. The first-order valence-corrected chi connectivity index (χ1v) is 7.20. The fourth-order valence-electron chi connectivity index (χ4n) is 2.35. The van der Waals surface area contributed by atoms with E-state index < -0.39 is 0 Å². The minimum Gasteiger partial charge on any atom is -0.419 e. The Bertz CT molecular complexity index is 558. The summed E-state index contributed by atoms with van der Waals surface area (Å²) in [7, 11) is 2.11. The van der Waals surface area contributed by atoms with Crippen LogP contribution in [0.15, 0.2) is 34.7 Å². The number of ether oxygens (including phenoxy) is 1. The molecule has 3 rings (SSSR count). The van der Waals surface area contributed by atoms with Crippen LogP contribution in [0.3, 0.4) is 0 Å². The molecule has 2 aromatic rings. The Balaban J connectivity index is 1.49. The molecule has 0 radical (unpaired) electrons. The Hall–Kier alpha value is -1.76. The van der Waals surface area contributed by atoms with Gasteiger partial charge in [0.1, 0.15) is 0 Å². The molecular weight excluding hydrogens is 268 g/mol. The van der Waals surface area contributed by atoms with Crippen molar-refractivity contribution in [2.24, 2.45) is 0 Å². The molecule has 6 nitrogen and oxygen atoms in total. The van der Waals surface area contributed by atoms with Gasteiger partial charge >= 0.3 is 0 Å². The predicted octanol–water partition coefficient (Wildman–Crippen LogP) is 1.16. The van der Waals surface area contributed by atoms with Crippen molar-refractivity contribution in [1.82, 2.24) is 20.4 Å². The fraction of sp³-hybridized carbons (Fsp3) is 0.467. The third-order valence-corrected chi connectivity index (χ3v) is 3.48. The van der Waals surface area contributed by atoms with Gasteiger partial charge in [0.25, 0.3) is 0 Å². The van der Waals surface area contributed by atoms with Crippen LogP contribution in [0.4, 0.5) is 0 Å². The number of likely N-dealkylation sites (N-methyl/N-ethyl adjacent to an activating group) is 1. The Kier molecular flexibility index (Phi) is 4.59. The zero-order chi connectivity index (χ0) is 14.5. The maximum absolute atomic E-state index is 5.69. The second-order valence-corrected chi connectivity index (χ2v) is 5.25. The minimum absolute atomic E-state index is 0.222. The molecule has 0 aliphatic carbocycles. The van der Waals surface area contributed by atoms with Crippen LogP contribution in [0.5, 0.6) is 0 Å². The number of benzene rings is 1. The van der Waals surface area contributed by atoms with Gasteiger partial charge in [-0.05, 0) is 19.2 Å². The van der Waals surface area contributed by atoms with Crippen molar-refractivity contribution in [1.29, 1.82) is 0 Å². The molecule has 1 saturated heterocycles. The SMILES string of the molecule is CN1CCOC(CNCc2nnc(-c3ccccc3)o2)C1. The summed E-state index contributed by atoms with van der Waals surface area (Å²) in [6.45, 7) is 4.09. The van der Waals surface area contributed by atoms with E-state index in [4.69, 9.17) is 9.15 Å². The highest BCUT2D eigenvalue weighted by Crippen LogP contribution is 2.16. The minimum atomic E-state index is 0.222. The van der Waals surface area contributed by atoms with Crippen LogP contribution >= 0.6 is 0 Å². The van der Waals surface area contributed by atoms with Gasteiger partial charge in [-0.3, -0.25) is 0 Å². The number of nitrogens with zero attached hydrogens (tertiary/aromatic N) is 3. The maximum atomic E-state index is 5.69. The van der Waals surface area contributed by atoms with Crippen molar-refractivity contribution >= 4 is 0 Å². The van der Waals surface area contributed by atoms with Crippen LogP contribution in [0.25, 0.3) is 11.5 Å². The van der Waals surface area contributed by atoms with E-state index in [1.54, 1.807) is 0 Å². The quantitative estimate of drug-likeness (QED) is 0.890. The van der Waals surface area contributed by atoms with E-state index in [1.165, 1.54) is 0 Å². The summed E-state index contributed by atoms with van der Waals surface area (Å²) in [6, 6.07) is 9.78. The first-order chi connectivity index (χ1) is 10.3. The lowest BCUT2D eigenvalue weighted by Gasteiger charge is -2.30. The lowest BCUT2D eigenvalue weighted by molar-refractivity contribution is -0.0184. The summed E-state index contributed by atoms with van der Waals surface area (Å²) < 4.78 is 11.3. The third-order valence-electron chi connectivity index (χ3n) is 3.48. The second-order valence-electron chi connectivity index (χ2n) is 5.25. The van der Waals surface area contributed by atoms with Gasteiger partial charge in [0.05, 0.1) is 19.3 Å². The van der Waals surface area contributed by atoms with Crippen LogP contribution in [-0.2, 0) is 11.3 Å². The molecule has 1 atom stereocenters. The lowest BCUT2D eigenvalue weighted by atomic mass is 10.2. The number of hydrogen-bond acceptors (Lipinski definition) is 6. The zero-order valence-corrected chi connectivity index (χ0v) is 12.2. The van der Waals surface area contributed by atoms with E-state index in [0.29, 0.717) is 18.3 Å². The Labute approximate surface area is 124 Å². The van der Waals surface area contributed by atoms with Crippen molar-refractivity contribution in [3.05, 3.63) is 36.2 Å². The average molecular weight is 288 g/mol. The standard InChI is InChI=1S/C15H20N4O2/c1-19-7-8-20-13(11-19)9-16-10-14-17-18-15(21-14)12-5-3-2-4-6-12/h2-6,13,16H,7-11H2,1H3. The molecule has 1 aromatic carbocycles. The molecule has 1 N–H and O–H groups in total. The van der Waals surface area contributed by atoms with Gasteiger partial charge in [-0.1, -0.05) is 18.2 Å². The fourth-order valence-corrected chi connectivity index (χ4v) is 2.35. The van der Waals surface area contributed by atoms with E-state index in [-0.39, 0.29) is 6.10 Å². The normalized spacial score (nSPS) is 19.8. The molecule has 0 saturated carbocycles. The van der Waals surface area contributed by atoms with Crippen LogP contribution in [0.2, 0.25) is 0 Å². The number of morpholine rings is 1. The van der Waals surface area contributed by atoms with Crippen molar-refractivity contribution in [3.63, 3.8) is 0 Å². The van der Waals surface area contributed by atoms with E-state index >= 15 is 0 Å². The van der Waals surface area contributed by atoms with Crippen LogP contribution in [0.1, 0.15) is 5.89 Å². The Morgan fingerprint density at radius 2 is 2.14 bits per heavy atom. The van der Waals surface area contributed by atoms with Gasteiger partial charge < -0.3 is 19.4 Å². The Morgan fingerprint density at radius 1 is 1.29 bits per heavy atom. The van der Waals surface area contributed by atoms with Gasteiger partial charge in [-0.25, -0.2) is 0 Å². The Morgan fingerprint density at radius 3 is 2.95 bits per heavy atom. The van der Waals surface area contributed by atoms with E-state index in [2.05, 4.69) is 27.5 Å². The molecule has 112 valence electrons. The summed E-state index contributed by atoms with van der Waals surface area (Å²) >= 11 is 0. The molecule has 1 aromatic heterocycles. The molecule has 6 heteroatoms. The average Bonchev–Trinajstić information content (AvgIpc) is 2.97. The molecule has 0 spiro atoms. The summed E-state index contributed by atoms with van der Waals surface area (Å²) in [4.78, 5) is 2.27. The van der Waals surface area contributed by atoms with Crippen molar-refractivity contribution in [2.45, 2.75) is 12.6 Å². The molecular formula is C15H20N4O2. The monoisotopic (exact) mass is 288 g/mol. The molecule has 1 aliphatic heterocycles. The van der Waals surface area contributed by atoms with E-state index in [1.807, 2.05) is 30.3 Å². The molecule has 2 heterocycles. The maximum Gasteiger partial charge on any atom is 0.247 e. The summed E-state index contributed by atoms with van der Waals surface area (Å²) in [6.07, 6.45) is 0.222. The van der Waals surface area contributed by atoms with Gasteiger partial charge in [0.15, 0.2) is 0 Å². The number of nitrogens with one attached hydrogen (secondary N) is 1. The predicted molar refractivity (Wildman–Crippen MR) is 78.7 cm³/mol.